The minimum absolute atomic E-state index is 0.0897. The first-order chi connectivity index (χ1) is 5.91. The number of carbonyl (C=O) groups excluding carboxylic acids is 1. The van der Waals surface area contributed by atoms with Crippen LogP contribution in [0.25, 0.3) is 0 Å². The first-order valence-corrected chi connectivity index (χ1v) is 5.70. The van der Waals surface area contributed by atoms with Crippen LogP contribution in [0.15, 0.2) is 0 Å². The molecule has 0 aromatic rings. The molecule has 0 bridgehead atoms. The zero-order chi connectivity index (χ0) is 10.1. The summed E-state index contributed by atoms with van der Waals surface area (Å²) >= 11 is 3.35. The third kappa shape index (κ3) is 2.97. The summed E-state index contributed by atoms with van der Waals surface area (Å²) in [6, 6.07) is 0.332. The predicted molar refractivity (Wildman–Crippen MR) is 58.0 cm³/mol. The minimum Gasteiger partial charge on any atom is -0.352 e. The number of hydrogen-bond acceptors (Lipinski definition) is 1. The number of halogens is 1. The van der Waals surface area contributed by atoms with Crippen molar-refractivity contribution in [1.82, 2.24) is 5.32 Å². The Morgan fingerprint density at radius 2 is 2.08 bits per heavy atom. The van der Waals surface area contributed by atoms with E-state index in [9.17, 15) is 4.79 Å². The van der Waals surface area contributed by atoms with Crippen LogP contribution < -0.4 is 5.32 Å². The fraction of sp³-hybridized carbons (Fsp3) is 0.900. The Morgan fingerprint density at radius 3 is 2.38 bits per heavy atom. The summed E-state index contributed by atoms with van der Waals surface area (Å²) in [6.45, 7) is 5.84. The number of amides is 1. The van der Waals surface area contributed by atoms with Gasteiger partial charge in [0.2, 0.25) is 5.91 Å². The molecule has 1 rings (SSSR count). The SMILES string of the molecule is CC(NC(=O)C(C)(C)Br)C1CCC1. The molecule has 0 aromatic heterocycles. The second kappa shape index (κ2) is 3.99. The summed E-state index contributed by atoms with van der Waals surface area (Å²) in [5, 5.41) is 3.04. The van der Waals surface area contributed by atoms with E-state index in [4.69, 9.17) is 0 Å². The maximum atomic E-state index is 11.6. The zero-order valence-electron chi connectivity index (χ0n) is 8.56. The van der Waals surface area contributed by atoms with Gasteiger partial charge in [-0.25, -0.2) is 0 Å². The van der Waals surface area contributed by atoms with Crippen LogP contribution in [0.3, 0.4) is 0 Å². The van der Waals surface area contributed by atoms with E-state index in [1.165, 1.54) is 19.3 Å². The van der Waals surface area contributed by atoms with Crippen molar-refractivity contribution < 1.29 is 4.79 Å². The van der Waals surface area contributed by atoms with Gasteiger partial charge in [-0.05, 0) is 39.5 Å². The summed E-state index contributed by atoms with van der Waals surface area (Å²) in [5.41, 5.74) is 0. The molecule has 1 aliphatic carbocycles. The van der Waals surface area contributed by atoms with Crippen molar-refractivity contribution in [3.63, 3.8) is 0 Å². The molecule has 1 amide bonds. The smallest absolute Gasteiger partial charge is 0.236 e. The van der Waals surface area contributed by atoms with Crippen molar-refractivity contribution in [2.75, 3.05) is 0 Å². The van der Waals surface area contributed by atoms with E-state index in [0.717, 1.165) is 0 Å². The molecule has 1 N–H and O–H groups in total. The highest BCUT2D eigenvalue weighted by Gasteiger charge is 2.29. The average Bonchev–Trinajstić information content (AvgIpc) is 1.79. The predicted octanol–water partition coefficient (Wildman–Crippen LogP) is 2.46. The molecule has 13 heavy (non-hydrogen) atoms. The Kier molecular flexibility index (Phi) is 3.38. The Morgan fingerprint density at radius 1 is 1.54 bits per heavy atom. The van der Waals surface area contributed by atoms with Crippen LogP contribution in [0.1, 0.15) is 40.0 Å². The molecule has 1 aliphatic rings. The molecule has 2 nitrogen and oxygen atoms in total. The normalized spacial score (nSPS) is 20.6. The van der Waals surface area contributed by atoms with Crippen LogP contribution in [0.4, 0.5) is 0 Å². The highest BCUT2D eigenvalue weighted by atomic mass is 79.9. The molecular weight excluding hydrogens is 230 g/mol. The maximum Gasteiger partial charge on any atom is 0.236 e. The van der Waals surface area contributed by atoms with Crippen LogP contribution in [0, 0.1) is 5.92 Å². The molecule has 1 atom stereocenters. The molecular formula is C10H18BrNO. The van der Waals surface area contributed by atoms with Crippen molar-refractivity contribution in [2.24, 2.45) is 5.92 Å². The Balaban J connectivity index is 2.35. The summed E-state index contributed by atoms with van der Waals surface area (Å²) in [7, 11) is 0. The standard InChI is InChI=1S/C10H18BrNO/c1-7(8-5-4-6-8)12-9(13)10(2,3)11/h7-8H,4-6H2,1-3H3,(H,12,13). The lowest BCUT2D eigenvalue weighted by molar-refractivity contribution is -0.123. The number of alkyl halides is 1. The second-order valence-corrected chi connectivity index (χ2v) is 6.41. The van der Waals surface area contributed by atoms with Crippen molar-refractivity contribution in [2.45, 2.75) is 50.4 Å². The maximum absolute atomic E-state index is 11.6. The number of hydrogen-bond donors (Lipinski definition) is 1. The Hall–Kier alpha value is -0.0500. The van der Waals surface area contributed by atoms with E-state index in [0.29, 0.717) is 12.0 Å². The lowest BCUT2D eigenvalue weighted by Gasteiger charge is -2.33. The van der Waals surface area contributed by atoms with E-state index in [-0.39, 0.29) is 5.91 Å². The Bertz CT molecular complexity index is 194. The second-order valence-electron chi connectivity index (χ2n) is 4.43. The van der Waals surface area contributed by atoms with Gasteiger partial charge in [-0.15, -0.1) is 0 Å². The van der Waals surface area contributed by atoms with Gasteiger partial charge in [-0.1, -0.05) is 22.4 Å². The van der Waals surface area contributed by atoms with Crippen LogP contribution >= 0.6 is 15.9 Å². The summed E-state index contributed by atoms with van der Waals surface area (Å²) in [6.07, 6.45) is 3.86. The highest BCUT2D eigenvalue weighted by Crippen LogP contribution is 2.29. The molecule has 1 saturated carbocycles. The van der Waals surface area contributed by atoms with Gasteiger partial charge in [0.15, 0.2) is 0 Å². The molecule has 0 heterocycles. The molecule has 0 aliphatic heterocycles. The van der Waals surface area contributed by atoms with Crippen LogP contribution in [0.5, 0.6) is 0 Å². The van der Waals surface area contributed by atoms with Crippen LogP contribution in [-0.2, 0) is 4.79 Å². The van der Waals surface area contributed by atoms with E-state index in [1.807, 2.05) is 13.8 Å². The van der Waals surface area contributed by atoms with Crippen molar-refractivity contribution in [1.29, 1.82) is 0 Å². The largest absolute Gasteiger partial charge is 0.352 e. The van der Waals surface area contributed by atoms with Gasteiger partial charge in [0.1, 0.15) is 0 Å². The van der Waals surface area contributed by atoms with Gasteiger partial charge < -0.3 is 5.32 Å². The number of nitrogens with one attached hydrogen (secondary N) is 1. The third-order valence-corrected chi connectivity index (χ3v) is 3.12. The fourth-order valence-corrected chi connectivity index (χ4v) is 1.55. The van der Waals surface area contributed by atoms with E-state index >= 15 is 0 Å². The molecule has 1 fully saturated rings. The number of rotatable bonds is 3. The van der Waals surface area contributed by atoms with E-state index in [1.54, 1.807) is 0 Å². The van der Waals surface area contributed by atoms with Crippen molar-refractivity contribution >= 4 is 21.8 Å². The van der Waals surface area contributed by atoms with E-state index < -0.39 is 4.32 Å². The van der Waals surface area contributed by atoms with Gasteiger partial charge in [0.25, 0.3) is 0 Å². The molecule has 0 radical (unpaired) electrons. The zero-order valence-corrected chi connectivity index (χ0v) is 10.1. The molecule has 76 valence electrons. The van der Waals surface area contributed by atoms with Gasteiger partial charge in [-0.3, -0.25) is 4.79 Å². The minimum atomic E-state index is -0.439. The van der Waals surface area contributed by atoms with E-state index in [2.05, 4.69) is 28.2 Å². The number of carbonyl (C=O) groups is 1. The van der Waals surface area contributed by atoms with Crippen LogP contribution in [-0.4, -0.2) is 16.3 Å². The first kappa shape index (κ1) is 11.0. The van der Waals surface area contributed by atoms with Crippen LogP contribution in [0.2, 0.25) is 0 Å². The fourth-order valence-electron chi connectivity index (χ4n) is 1.44. The Labute approximate surface area is 88.6 Å². The van der Waals surface area contributed by atoms with Gasteiger partial charge in [0.05, 0.1) is 4.32 Å². The third-order valence-electron chi connectivity index (χ3n) is 2.76. The van der Waals surface area contributed by atoms with Crippen molar-refractivity contribution in [3.8, 4) is 0 Å². The molecule has 0 saturated heterocycles. The molecule has 1 unspecified atom stereocenters. The van der Waals surface area contributed by atoms with Gasteiger partial charge in [-0.2, -0.15) is 0 Å². The molecule has 0 spiro atoms. The average molecular weight is 248 g/mol. The summed E-state index contributed by atoms with van der Waals surface area (Å²) in [4.78, 5) is 11.6. The molecule has 0 aromatic carbocycles. The lowest BCUT2D eigenvalue weighted by Crippen LogP contribution is -2.46. The lowest BCUT2D eigenvalue weighted by atomic mass is 9.80. The highest BCUT2D eigenvalue weighted by molar-refractivity contribution is 9.10. The van der Waals surface area contributed by atoms with Gasteiger partial charge in [0, 0.05) is 6.04 Å². The first-order valence-electron chi connectivity index (χ1n) is 4.91. The monoisotopic (exact) mass is 247 g/mol. The summed E-state index contributed by atoms with van der Waals surface area (Å²) < 4.78 is -0.439. The topological polar surface area (TPSA) is 29.1 Å². The van der Waals surface area contributed by atoms with Gasteiger partial charge >= 0.3 is 0 Å². The molecule has 3 heteroatoms. The van der Waals surface area contributed by atoms with Crippen molar-refractivity contribution in [3.05, 3.63) is 0 Å². The quantitative estimate of drug-likeness (QED) is 0.764. The summed E-state index contributed by atoms with van der Waals surface area (Å²) in [5.74, 6) is 0.797.